The maximum Gasteiger partial charge on any atom is 0.171 e. The highest BCUT2D eigenvalue weighted by molar-refractivity contribution is 7.80. The molecule has 2 aromatic rings. The average Bonchev–Trinajstić information content (AvgIpc) is 2.50. The van der Waals surface area contributed by atoms with Gasteiger partial charge in [-0.3, -0.25) is 0 Å². The summed E-state index contributed by atoms with van der Waals surface area (Å²) in [6, 6.07) is 14.2. The number of hydrogen-bond acceptors (Lipinski definition) is 1. The van der Waals surface area contributed by atoms with Crippen LogP contribution in [0.4, 0.5) is 5.69 Å². The molecule has 0 bridgehead atoms. The molecule has 22 heavy (non-hydrogen) atoms. The van der Waals surface area contributed by atoms with Gasteiger partial charge < -0.3 is 10.6 Å². The molecule has 0 radical (unpaired) electrons. The molecule has 0 fully saturated rings. The van der Waals surface area contributed by atoms with Gasteiger partial charge in [0.25, 0.3) is 0 Å². The highest BCUT2D eigenvalue weighted by Gasteiger charge is 2.11. The summed E-state index contributed by atoms with van der Waals surface area (Å²) in [5, 5.41) is 7.90. The Morgan fingerprint density at radius 2 is 1.77 bits per heavy atom. The van der Waals surface area contributed by atoms with Crippen LogP contribution >= 0.6 is 23.8 Å². The van der Waals surface area contributed by atoms with Gasteiger partial charge in [0, 0.05) is 10.7 Å². The molecule has 1 atom stereocenters. The van der Waals surface area contributed by atoms with E-state index in [1.54, 1.807) is 0 Å². The summed E-state index contributed by atoms with van der Waals surface area (Å²) >= 11 is 11.3. The van der Waals surface area contributed by atoms with Crippen molar-refractivity contribution in [3.63, 3.8) is 0 Å². The second kappa shape index (κ2) is 7.61. The predicted molar refractivity (Wildman–Crippen MR) is 99.8 cm³/mol. The topological polar surface area (TPSA) is 24.1 Å². The molecule has 2 aromatic carbocycles. The van der Waals surface area contributed by atoms with Crippen molar-refractivity contribution in [3.05, 3.63) is 64.2 Å². The van der Waals surface area contributed by atoms with Crippen molar-refractivity contribution < 1.29 is 0 Å². The van der Waals surface area contributed by atoms with E-state index in [1.807, 2.05) is 24.3 Å². The Bertz CT molecular complexity index is 653. The molecule has 0 saturated carbocycles. The maximum atomic E-state index is 5.89. The smallest absolute Gasteiger partial charge is 0.171 e. The molecule has 2 N–H and O–H groups in total. The zero-order chi connectivity index (χ0) is 16.1. The van der Waals surface area contributed by atoms with E-state index < -0.39 is 0 Å². The van der Waals surface area contributed by atoms with Crippen LogP contribution < -0.4 is 10.6 Å². The summed E-state index contributed by atoms with van der Waals surface area (Å²) in [6.45, 7) is 6.41. The zero-order valence-corrected chi connectivity index (χ0v) is 14.7. The van der Waals surface area contributed by atoms with E-state index in [9.17, 15) is 0 Å². The Kier molecular flexibility index (Phi) is 5.81. The van der Waals surface area contributed by atoms with Gasteiger partial charge in [0.05, 0.1) is 6.04 Å². The molecular weight excluding hydrogens is 312 g/mol. The van der Waals surface area contributed by atoms with Gasteiger partial charge in [-0.15, -0.1) is 0 Å². The van der Waals surface area contributed by atoms with Crippen LogP contribution in [0.15, 0.2) is 42.5 Å². The summed E-state index contributed by atoms with van der Waals surface area (Å²) in [5.41, 5.74) is 4.79. The summed E-state index contributed by atoms with van der Waals surface area (Å²) in [4.78, 5) is 0. The van der Waals surface area contributed by atoms with Crippen molar-refractivity contribution in [1.29, 1.82) is 0 Å². The summed E-state index contributed by atoms with van der Waals surface area (Å²) < 4.78 is 0. The van der Waals surface area contributed by atoms with Crippen LogP contribution in [0, 0.1) is 13.8 Å². The van der Waals surface area contributed by atoms with Crippen molar-refractivity contribution in [2.24, 2.45) is 0 Å². The fraction of sp³-hybridized carbons (Fsp3) is 0.278. The van der Waals surface area contributed by atoms with E-state index >= 15 is 0 Å². The van der Waals surface area contributed by atoms with Crippen molar-refractivity contribution >= 4 is 34.6 Å². The highest BCUT2D eigenvalue weighted by Crippen LogP contribution is 2.20. The SMILES string of the molecule is CCC(NC(=S)Nc1ccc(Cl)cc1)c1ccc(C)c(C)c1. The molecule has 4 heteroatoms. The van der Waals surface area contributed by atoms with Crippen LogP contribution in [0.25, 0.3) is 0 Å². The largest absolute Gasteiger partial charge is 0.356 e. The van der Waals surface area contributed by atoms with E-state index in [-0.39, 0.29) is 6.04 Å². The van der Waals surface area contributed by atoms with Gasteiger partial charge in [-0.05, 0) is 73.4 Å². The highest BCUT2D eigenvalue weighted by atomic mass is 35.5. The third-order valence-corrected chi connectivity index (χ3v) is 4.22. The Balaban J connectivity index is 2.04. The molecular formula is C18H21ClN2S. The molecule has 0 heterocycles. The summed E-state index contributed by atoms with van der Waals surface area (Å²) in [6.07, 6.45) is 0.963. The van der Waals surface area contributed by atoms with Crippen LogP contribution in [0.1, 0.15) is 36.1 Å². The van der Waals surface area contributed by atoms with Gasteiger partial charge in [-0.1, -0.05) is 36.7 Å². The third-order valence-electron chi connectivity index (χ3n) is 3.75. The fourth-order valence-electron chi connectivity index (χ4n) is 2.26. The molecule has 1 unspecified atom stereocenters. The predicted octanol–water partition coefficient (Wildman–Crippen LogP) is 5.39. The third kappa shape index (κ3) is 4.46. The summed E-state index contributed by atoms with van der Waals surface area (Å²) in [7, 11) is 0. The van der Waals surface area contributed by atoms with Gasteiger partial charge >= 0.3 is 0 Å². The first kappa shape index (κ1) is 16.8. The number of thiocarbonyl (C=S) groups is 1. The fourth-order valence-corrected chi connectivity index (χ4v) is 2.65. The average molecular weight is 333 g/mol. The van der Waals surface area contributed by atoms with Gasteiger partial charge in [0.15, 0.2) is 5.11 Å². The Morgan fingerprint density at radius 3 is 2.36 bits per heavy atom. The normalized spacial score (nSPS) is 11.8. The lowest BCUT2D eigenvalue weighted by atomic mass is 9.99. The second-order valence-corrected chi connectivity index (χ2v) is 6.25. The lowest BCUT2D eigenvalue weighted by Gasteiger charge is -2.21. The monoisotopic (exact) mass is 332 g/mol. The Morgan fingerprint density at radius 1 is 1.09 bits per heavy atom. The number of anilines is 1. The molecule has 0 aliphatic heterocycles. The first-order valence-electron chi connectivity index (χ1n) is 7.40. The van der Waals surface area contributed by atoms with Crippen molar-refractivity contribution in [2.75, 3.05) is 5.32 Å². The number of benzene rings is 2. The number of aryl methyl sites for hydroxylation is 2. The molecule has 2 rings (SSSR count). The minimum Gasteiger partial charge on any atom is -0.356 e. The van der Waals surface area contributed by atoms with E-state index in [0.29, 0.717) is 10.1 Å². The molecule has 0 saturated heterocycles. The minimum atomic E-state index is 0.201. The molecule has 0 aliphatic rings. The van der Waals surface area contributed by atoms with Gasteiger partial charge in [0.2, 0.25) is 0 Å². The van der Waals surface area contributed by atoms with Crippen molar-refractivity contribution in [3.8, 4) is 0 Å². The van der Waals surface area contributed by atoms with Gasteiger partial charge in [0.1, 0.15) is 0 Å². The van der Waals surface area contributed by atoms with E-state index in [0.717, 1.165) is 12.1 Å². The van der Waals surface area contributed by atoms with Gasteiger partial charge in [-0.25, -0.2) is 0 Å². The number of hydrogen-bond donors (Lipinski definition) is 2. The quantitative estimate of drug-likeness (QED) is 0.733. The molecule has 0 aliphatic carbocycles. The Hall–Kier alpha value is -1.58. The number of nitrogens with one attached hydrogen (secondary N) is 2. The molecule has 0 amide bonds. The number of rotatable bonds is 4. The maximum absolute atomic E-state index is 5.89. The second-order valence-electron chi connectivity index (χ2n) is 5.41. The lowest BCUT2D eigenvalue weighted by Crippen LogP contribution is -2.32. The van der Waals surface area contributed by atoms with Crippen LogP contribution in [0.2, 0.25) is 5.02 Å². The van der Waals surface area contributed by atoms with Crippen molar-refractivity contribution in [2.45, 2.75) is 33.2 Å². The molecule has 0 aromatic heterocycles. The first-order chi connectivity index (χ1) is 10.5. The van der Waals surface area contributed by atoms with Gasteiger partial charge in [-0.2, -0.15) is 0 Å². The standard InChI is InChI=1S/C18H21ClN2S/c1-4-17(14-6-5-12(2)13(3)11-14)21-18(22)20-16-9-7-15(19)8-10-16/h5-11,17H,4H2,1-3H3,(H2,20,21,22). The van der Waals surface area contributed by atoms with Crippen LogP contribution in [0.3, 0.4) is 0 Å². The Labute approximate surface area is 142 Å². The number of halogens is 1. The van der Waals surface area contributed by atoms with Crippen molar-refractivity contribution in [1.82, 2.24) is 5.32 Å². The molecule has 2 nitrogen and oxygen atoms in total. The van der Waals surface area contributed by atoms with Crippen LogP contribution in [0.5, 0.6) is 0 Å². The lowest BCUT2D eigenvalue weighted by molar-refractivity contribution is 0.628. The molecule has 0 spiro atoms. The van der Waals surface area contributed by atoms with Crippen LogP contribution in [-0.2, 0) is 0 Å². The van der Waals surface area contributed by atoms with E-state index in [4.69, 9.17) is 23.8 Å². The van der Waals surface area contributed by atoms with Crippen LogP contribution in [-0.4, -0.2) is 5.11 Å². The minimum absolute atomic E-state index is 0.201. The van der Waals surface area contributed by atoms with E-state index in [2.05, 4.69) is 49.6 Å². The molecule has 116 valence electrons. The summed E-state index contributed by atoms with van der Waals surface area (Å²) in [5.74, 6) is 0. The zero-order valence-electron chi connectivity index (χ0n) is 13.1. The first-order valence-corrected chi connectivity index (χ1v) is 8.18. The van der Waals surface area contributed by atoms with E-state index in [1.165, 1.54) is 16.7 Å².